The van der Waals surface area contributed by atoms with E-state index in [-0.39, 0.29) is 0 Å². The number of aromatic nitrogens is 2. The average Bonchev–Trinajstić information content (AvgIpc) is 2.67. The molecule has 1 fully saturated rings. The zero-order valence-corrected chi connectivity index (χ0v) is 11.8. The summed E-state index contributed by atoms with van der Waals surface area (Å²) in [5, 5.41) is 21.2. The molecule has 114 valence electrons. The molecule has 1 saturated heterocycles. The van der Waals surface area contributed by atoms with Crippen molar-refractivity contribution >= 4 is 29.0 Å². The summed E-state index contributed by atoms with van der Waals surface area (Å²) < 4.78 is 19.5. The van der Waals surface area contributed by atoms with Crippen LogP contribution >= 0.6 is 23.2 Å². The summed E-state index contributed by atoms with van der Waals surface area (Å²) in [5.41, 5.74) is 4.23. The fourth-order valence-corrected chi connectivity index (χ4v) is 2.55. The lowest BCUT2D eigenvalue weighted by Crippen LogP contribution is -2.43. The van der Waals surface area contributed by atoms with Gasteiger partial charge in [0.15, 0.2) is 22.7 Å². The summed E-state index contributed by atoms with van der Waals surface area (Å²) in [4.78, 5) is 13.2. The first-order chi connectivity index (χ1) is 9.85. The number of alkyl halides is 1. The molecule has 1 aromatic rings. The maximum atomic E-state index is 13.5. The van der Waals surface area contributed by atoms with Gasteiger partial charge in [0.05, 0.1) is 12.8 Å². The van der Waals surface area contributed by atoms with E-state index in [0.29, 0.717) is 4.57 Å². The largest absolute Gasteiger partial charge is 0.394 e. The molecule has 7 nitrogen and oxygen atoms in total. The SMILES string of the molecule is Nc1nc(=O)n(C2OC(CO)[C@H](O)C2(Cl)C#CCl)cc1F. The van der Waals surface area contributed by atoms with Crippen molar-refractivity contribution in [3.63, 3.8) is 0 Å². The minimum Gasteiger partial charge on any atom is -0.394 e. The topological polar surface area (TPSA) is 111 Å². The van der Waals surface area contributed by atoms with Gasteiger partial charge in [0.1, 0.15) is 12.2 Å². The van der Waals surface area contributed by atoms with E-state index in [2.05, 4.69) is 10.9 Å². The summed E-state index contributed by atoms with van der Waals surface area (Å²) in [6, 6.07) is 0. The maximum absolute atomic E-state index is 13.5. The number of hydrogen-bond donors (Lipinski definition) is 3. The van der Waals surface area contributed by atoms with Gasteiger partial charge in [0, 0.05) is 5.38 Å². The molecule has 1 aliphatic heterocycles. The zero-order chi connectivity index (χ0) is 15.8. The first-order valence-corrected chi connectivity index (χ1v) is 6.41. The number of nitrogens with two attached hydrogens (primary N) is 1. The highest BCUT2D eigenvalue weighted by Crippen LogP contribution is 2.42. The van der Waals surface area contributed by atoms with Crippen LogP contribution in [-0.2, 0) is 4.74 Å². The second-order valence-corrected chi connectivity index (χ2v) is 5.12. The van der Waals surface area contributed by atoms with E-state index >= 15 is 0 Å². The number of ether oxygens (including phenoxy) is 1. The van der Waals surface area contributed by atoms with Crippen LogP contribution in [0.3, 0.4) is 0 Å². The van der Waals surface area contributed by atoms with Crippen LogP contribution in [0.5, 0.6) is 0 Å². The van der Waals surface area contributed by atoms with Crippen LogP contribution < -0.4 is 11.4 Å². The number of rotatable bonds is 2. The van der Waals surface area contributed by atoms with Crippen LogP contribution in [0, 0.1) is 17.1 Å². The van der Waals surface area contributed by atoms with E-state index in [1.807, 2.05) is 5.38 Å². The normalized spacial score (nSPS) is 31.8. The summed E-state index contributed by atoms with van der Waals surface area (Å²) in [5.74, 6) is 0.738. The third-order valence-corrected chi connectivity index (χ3v) is 3.65. The van der Waals surface area contributed by atoms with Gasteiger partial charge in [0.2, 0.25) is 0 Å². The van der Waals surface area contributed by atoms with Crippen LogP contribution in [0.25, 0.3) is 0 Å². The molecule has 4 atom stereocenters. The van der Waals surface area contributed by atoms with E-state index in [1.54, 1.807) is 0 Å². The Bertz CT molecular complexity index is 674. The average molecular weight is 338 g/mol. The van der Waals surface area contributed by atoms with Crippen molar-refractivity contribution in [1.82, 2.24) is 9.55 Å². The molecule has 21 heavy (non-hydrogen) atoms. The summed E-state index contributed by atoms with van der Waals surface area (Å²) in [6.45, 7) is -0.588. The maximum Gasteiger partial charge on any atom is 0.351 e. The van der Waals surface area contributed by atoms with Gasteiger partial charge >= 0.3 is 5.69 Å². The Balaban J connectivity index is 2.58. The molecule has 0 aliphatic carbocycles. The minimum atomic E-state index is -1.86. The van der Waals surface area contributed by atoms with E-state index in [9.17, 15) is 14.3 Å². The fourth-order valence-electron chi connectivity index (χ4n) is 2.00. The predicted molar refractivity (Wildman–Crippen MR) is 72.1 cm³/mol. The number of nitrogen functional groups attached to an aromatic ring is 1. The third kappa shape index (κ3) is 2.59. The van der Waals surface area contributed by atoms with Crippen molar-refractivity contribution in [3.05, 3.63) is 22.5 Å². The Morgan fingerprint density at radius 1 is 1.67 bits per heavy atom. The lowest BCUT2D eigenvalue weighted by Gasteiger charge is -2.25. The molecule has 3 unspecified atom stereocenters. The van der Waals surface area contributed by atoms with Gasteiger partial charge in [-0.05, 0) is 11.6 Å². The molecular formula is C11H10Cl2FN3O4. The number of halogens is 3. The molecule has 2 rings (SSSR count). The summed E-state index contributed by atoms with van der Waals surface area (Å²) in [7, 11) is 0. The van der Waals surface area contributed by atoms with E-state index in [4.69, 9.17) is 38.8 Å². The van der Waals surface area contributed by atoms with Crippen molar-refractivity contribution < 1.29 is 19.3 Å². The van der Waals surface area contributed by atoms with Crippen molar-refractivity contribution in [2.24, 2.45) is 0 Å². The highest BCUT2D eigenvalue weighted by Gasteiger charge is 2.56. The minimum absolute atomic E-state index is 0.586. The molecular weight excluding hydrogens is 328 g/mol. The standard InChI is InChI=1S/C11H10Cl2FN3O4/c12-2-1-11(13)7(19)6(4-18)21-9(11)17-3-5(14)8(15)16-10(17)20/h3,6-7,9,18-19H,4H2,(H2,15,16,20)/t6?,7-,9?,11?/m0/s1. The molecule has 1 aromatic heterocycles. The lowest BCUT2D eigenvalue weighted by atomic mass is 9.99. The Labute approximate surface area is 128 Å². The third-order valence-electron chi connectivity index (χ3n) is 3.05. The first-order valence-electron chi connectivity index (χ1n) is 5.65. The van der Waals surface area contributed by atoms with Crippen molar-refractivity contribution in [1.29, 1.82) is 0 Å². The van der Waals surface area contributed by atoms with Gasteiger partial charge in [-0.3, -0.25) is 4.57 Å². The quantitative estimate of drug-likeness (QED) is 0.490. The molecule has 0 saturated carbocycles. The molecule has 0 spiro atoms. The Morgan fingerprint density at radius 3 is 2.90 bits per heavy atom. The van der Waals surface area contributed by atoms with Gasteiger partial charge in [0.25, 0.3) is 0 Å². The smallest absolute Gasteiger partial charge is 0.351 e. The second-order valence-electron chi connectivity index (χ2n) is 4.31. The molecule has 0 aromatic carbocycles. The van der Waals surface area contributed by atoms with Gasteiger partial charge in [-0.1, -0.05) is 17.5 Å². The Hall–Kier alpha value is -1.37. The molecule has 2 heterocycles. The first kappa shape index (κ1) is 16.0. The Kier molecular flexibility index (Phi) is 4.41. The molecule has 0 amide bonds. The predicted octanol–water partition coefficient (Wildman–Crippen LogP) is -0.607. The van der Waals surface area contributed by atoms with E-state index in [0.717, 1.165) is 6.20 Å². The summed E-state index contributed by atoms with van der Waals surface area (Å²) >= 11 is 11.5. The molecule has 0 radical (unpaired) electrons. The zero-order valence-electron chi connectivity index (χ0n) is 10.3. The van der Waals surface area contributed by atoms with Crippen LogP contribution in [0.4, 0.5) is 10.2 Å². The fraction of sp³-hybridized carbons (Fsp3) is 0.455. The Morgan fingerprint density at radius 2 is 2.33 bits per heavy atom. The van der Waals surface area contributed by atoms with Crippen molar-refractivity contribution in [2.45, 2.75) is 23.3 Å². The number of hydrogen-bond acceptors (Lipinski definition) is 6. The molecule has 4 N–H and O–H groups in total. The van der Waals surface area contributed by atoms with Gasteiger partial charge < -0.3 is 20.7 Å². The molecule has 0 bridgehead atoms. The van der Waals surface area contributed by atoms with Crippen LogP contribution in [0.2, 0.25) is 0 Å². The van der Waals surface area contributed by atoms with Gasteiger partial charge in [-0.15, -0.1) is 0 Å². The number of nitrogens with zero attached hydrogens (tertiary/aromatic N) is 2. The molecule has 10 heteroatoms. The number of anilines is 1. The molecule has 1 aliphatic rings. The summed E-state index contributed by atoms with van der Waals surface area (Å²) in [6.07, 6.45) is -3.27. The van der Waals surface area contributed by atoms with Crippen LogP contribution in [-0.4, -0.2) is 43.5 Å². The lowest BCUT2D eigenvalue weighted by molar-refractivity contribution is -0.0467. The number of aliphatic hydroxyl groups is 2. The van der Waals surface area contributed by atoms with Crippen molar-refractivity contribution in [3.8, 4) is 11.3 Å². The van der Waals surface area contributed by atoms with Gasteiger partial charge in [-0.25, -0.2) is 9.18 Å². The number of aliphatic hydroxyl groups excluding tert-OH is 2. The van der Waals surface area contributed by atoms with Gasteiger partial charge in [-0.2, -0.15) is 4.98 Å². The van der Waals surface area contributed by atoms with E-state index in [1.165, 1.54) is 0 Å². The highest BCUT2D eigenvalue weighted by molar-refractivity contribution is 6.32. The van der Waals surface area contributed by atoms with Crippen molar-refractivity contribution in [2.75, 3.05) is 12.3 Å². The second kappa shape index (κ2) is 5.79. The van der Waals surface area contributed by atoms with Crippen LogP contribution in [0.15, 0.2) is 11.0 Å². The van der Waals surface area contributed by atoms with E-state index < -0.39 is 47.2 Å². The highest BCUT2D eigenvalue weighted by atomic mass is 35.5. The van der Waals surface area contributed by atoms with Crippen LogP contribution in [0.1, 0.15) is 6.23 Å². The monoisotopic (exact) mass is 337 g/mol.